The molecule has 1 aliphatic rings. The minimum atomic E-state index is -4.77. The first kappa shape index (κ1) is 16.6. The molecule has 0 aliphatic heterocycles. The summed E-state index contributed by atoms with van der Waals surface area (Å²) in [7, 11) is 0. The normalized spacial score (nSPS) is 25.0. The van der Waals surface area contributed by atoms with Crippen molar-refractivity contribution < 1.29 is 32.9 Å². The second-order valence-electron chi connectivity index (χ2n) is 5.22. The van der Waals surface area contributed by atoms with Gasteiger partial charge < -0.3 is 20.3 Å². The van der Waals surface area contributed by atoms with E-state index >= 15 is 0 Å². The number of aliphatic hydroxyl groups excluding tert-OH is 2. The second-order valence-corrected chi connectivity index (χ2v) is 5.22. The number of carbonyl (C=O) groups is 1. The zero-order chi connectivity index (χ0) is 16.3. The number of halogens is 3. The van der Waals surface area contributed by atoms with Crippen molar-refractivity contribution in [2.45, 2.75) is 31.3 Å². The SMILES string of the molecule is O=C(N[C@H]1C[C@@H](CO)[C@@H](O)C1)c1ccc(OC(F)(F)F)cc1. The first-order valence-electron chi connectivity index (χ1n) is 6.74. The molecule has 1 saturated carbocycles. The van der Waals surface area contributed by atoms with Crippen LogP contribution in [0.4, 0.5) is 13.2 Å². The summed E-state index contributed by atoms with van der Waals surface area (Å²) in [4.78, 5) is 12.0. The number of rotatable bonds is 4. The van der Waals surface area contributed by atoms with Gasteiger partial charge in [0.25, 0.3) is 5.91 Å². The van der Waals surface area contributed by atoms with Crippen molar-refractivity contribution in [2.24, 2.45) is 5.92 Å². The molecule has 3 atom stereocenters. The Morgan fingerprint density at radius 1 is 1.27 bits per heavy atom. The highest BCUT2D eigenvalue weighted by atomic mass is 19.4. The topological polar surface area (TPSA) is 78.8 Å². The third kappa shape index (κ3) is 4.35. The lowest BCUT2D eigenvalue weighted by Gasteiger charge is -2.13. The Balaban J connectivity index is 1.93. The lowest BCUT2D eigenvalue weighted by Crippen LogP contribution is -2.33. The lowest BCUT2D eigenvalue weighted by atomic mass is 10.1. The maximum atomic E-state index is 12.0. The average molecular weight is 319 g/mol. The predicted octanol–water partition coefficient (Wildman–Crippen LogP) is 1.45. The van der Waals surface area contributed by atoms with E-state index < -0.39 is 24.1 Å². The van der Waals surface area contributed by atoms with E-state index in [4.69, 9.17) is 5.11 Å². The summed E-state index contributed by atoms with van der Waals surface area (Å²) < 4.78 is 39.8. The van der Waals surface area contributed by atoms with Crippen molar-refractivity contribution in [3.8, 4) is 5.75 Å². The fourth-order valence-corrected chi connectivity index (χ4v) is 2.49. The highest BCUT2D eigenvalue weighted by Crippen LogP contribution is 2.26. The van der Waals surface area contributed by atoms with Crippen LogP contribution in [0.2, 0.25) is 0 Å². The van der Waals surface area contributed by atoms with Crippen molar-refractivity contribution in [1.29, 1.82) is 0 Å². The van der Waals surface area contributed by atoms with Crippen molar-refractivity contribution in [2.75, 3.05) is 6.61 Å². The summed E-state index contributed by atoms with van der Waals surface area (Å²) in [6.45, 7) is -0.156. The maximum absolute atomic E-state index is 12.0. The summed E-state index contributed by atoms with van der Waals surface area (Å²) in [5.41, 5.74) is 0.191. The van der Waals surface area contributed by atoms with E-state index in [9.17, 15) is 23.1 Å². The number of aliphatic hydroxyl groups is 2. The number of ether oxygens (including phenoxy) is 1. The molecule has 0 bridgehead atoms. The number of hydrogen-bond acceptors (Lipinski definition) is 4. The van der Waals surface area contributed by atoms with Gasteiger partial charge in [0, 0.05) is 24.1 Å². The standard InChI is InChI=1S/C14H16F3NO4/c15-14(16,17)22-11-3-1-8(2-4-11)13(21)18-10-5-9(7-19)12(20)6-10/h1-4,9-10,12,19-20H,5-7H2,(H,18,21)/t9-,10-,12-/m0/s1. The fraction of sp³-hybridized carbons (Fsp3) is 0.500. The van der Waals surface area contributed by atoms with Gasteiger partial charge >= 0.3 is 6.36 Å². The number of hydrogen-bond donors (Lipinski definition) is 3. The summed E-state index contributed by atoms with van der Waals surface area (Å²) in [5.74, 6) is -1.12. The Labute approximate surface area is 124 Å². The van der Waals surface area contributed by atoms with E-state index in [1.807, 2.05) is 0 Å². The second kappa shape index (κ2) is 6.53. The Hall–Kier alpha value is -1.80. The van der Waals surface area contributed by atoms with Gasteiger partial charge in [-0.25, -0.2) is 0 Å². The van der Waals surface area contributed by atoms with Crippen molar-refractivity contribution in [3.63, 3.8) is 0 Å². The summed E-state index contributed by atoms with van der Waals surface area (Å²) in [6.07, 6.45) is -4.65. The highest BCUT2D eigenvalue weighted by Gasteiger charge is 2.33. The van der Waals surface area contributed by atoms with Gasteiger partial charge in [-0.1, -0.05) is 0 Å². The number of alkyl halides is 3. The molecular formula is C14H16F3NO4. The molecule has 0 radical (unpaired) electrons. The third-order valence-electron chi connectivity index (χ3n) is 3.58. The minimum Gasteiger partial charge on any atom is -0.406 e. The quantitative estimate of drug-likeness (QED) is 0.785. The van der Waals surface area contributed by atoms with E-state index in [0.717, 1.165) is 12.1 Å². The van der Waals surface area contributed by atoms with Crippen LogP contribution in [0, 0.1) is 5.92 Å². The van der Waals surface area contributed by atoms with E-state index in [-0.39, 0.29) is 24.1 Å². The van der Waals surface area contributed by atoms with E-state index in [1.54, 1.807) is 0 Å². The van der Waals surface area contributed by atoms with Gasteiger partial charge in [0.1, 0.15) is 5.75 Å². The van der Waals surface area contributed by atoms with Crippen molar-refractivity contribution in [1.82, 2.24) is 5.32 Å². The number of carbonyl (C=O) groups excluding carboxylic acids is 1. The molecule has 122 valence electrons. The Morgan fingerprint density at radius 2 is 1.91 bits per heavy atom. The summed E-state index contributed by atoms with van der Waals surface area (Å²) in [5, 5.41) is 21.4. The molecule has 1 aromatic rings. The van der Waals surface area contributed by atoms with Gasteiger partial charge in [-0.2, -0.15) is 0 Å². The van der Waals surface area contributed by atoms with E-state index in [0.29, 0.717) is 12.8 Å². The monoisotopic (exact) mass is 319 g/mol. The molecule has 0 unspecified atom stereocenters. The maximum Gasteiger partial charge on any atom is 0.573 e. The van der Waals surface area contributed by atoms with Gasteiger partial charge in [0.05, 0.1) is 6.10 Å². The third-order valence-corrected chi connectivity index (χ3v) is 3.58. The molecule has 0 saturated heterocycles. The first-order chi connectivity index (χ1) is 10.3. The molecule has 2 rings (SSSR count). The average Bonchev–Trinajstić information content (AvgIpc) is 2.77. The Morgan fingerprint density at radius 3 is 2.41 bits per heavy atom. The largest absolute Gasteiger partial charge is 0.573 e. The zero-order valence-electron chi connectivity index (χ0n) is 11.5. The molecular weight excluding hydrogens is 303 g/mol. The van der Waals surface area contributed by atoms with Gasteiger partial charge in [0.15, 0.2) is 0 Å². The van der Waals surface area contributed by atoms with Crippen LogP contribution in [0.3, 0.4) is 0 Å². The molecule has 3 N–H and O–H groups in total. The Kier molecular flexibility index (Phi) is 4.92. The number of amides is 1. The zero-order valence-corrected chi connectivity index (χ0v) is 11.5. The van der Waals surface area contributed by atoms with E-state index in [1.165, 1.54) is 12.1 Å². The van der Waals surface area contributed by atoms with Gasteiger partial charge in [-0.3, -0.25) is 4.79 Å². The molecule has 0 aromatic heterocycles. The number of benzene rings is 1. The molecule has 1 aliphatic carbocycles. The van der Waals surface area contributed by atoms with Gasteiger partial charge in [-0.15, -0.1) is 13.2 Å². The van der Waals surface area contributed by atoms with Gasteiger partial charge in [-0.05, 0) is 37.1 Å². The molecule has 8 heteroatoms. The van der Waals surface area contributed by atoms with Crippen LogP contribution in [0.15, 0.2) is 24.3 Å². The molecule has 0 heterocycles. The smallest absolute Gasteiger partial charge is 0.406 e. The summed E-state index contributed by atoms with van der Waals surface area (Å²) >= 11 is 0. The molecule has 1 amide bonds. The molecule has 1 aromatic carbocycles. The minimum absolute atomic E-state index is 0.156. The van der Waals surface area contributed by atoms with Gasteiger partial charge in [0.2, 0.25) is 0 Å². The molecule has 5 nitrogen and oxygen atoms in total. The number of nitrogens with one attached hydrogen (secondary N) is 1. The van der Waals surface area contributed by atoms with Crippen LogP contribution >= 0.6 is 0 Å². The van der Waals surface area contributed by atoms with Crippen LogP contribution in [0.1, 0.15) is 23.2 Å². The Bertz CT molecular complexity index is 518. The lowest BCUT2D eigenvalue weighted by molar-refractivity contribution is -0.274. The van der Waals surface area contributed by atoms with Crippen LogP contribution < -0.4 is 10.1 Å². The van der Waals surface area contributed by atoms with Crippen molar-refractivity contribution >= 4 is 5.91 Å². The first-order valence-corrected chi connectivity index (χ1v) is 6.74. The summed E-state index contributed by atoms with van der Waals surface area (Å²) in [6, 6.07) is 4.30. The van der Waals surface area contributed by atoms with Crippen molar-refractivity contribution in [3.05, 3.63) is 29.8 Å². The van der Waals surface area contributed by atoms with Crippen LogP contribution in [-0.4, -0.2) is 41.2 Å². The van der Waals surface area contributed by atoms with E-state index in [2.05, 4.69) is 10.1 Å². The predicted molar refractivity (Wildman–Crippen MR) is 70.2 cm³/mol. The molecule has 1 fully saturated rings. The molecule has 22 heavy (non-hydrogen) atoms. The fourth-order valence-electron chi connectivity index (χ4n) is 2.49. The molecule has 0 spiro atoms. The van der Waals surface area contributed by atoms with Crippen LogP contribution in [-0.2, 0) is 0 Å². The highest BCUT2D eigenvalue weighted by molar-refractivity contribution is 5.94. The van der Waals surface area contributed by atoms with Crippen LogP contribution in [0.25, 0.3) is 0 Å². The van der Waals surface area contributed by atoms with Crippen LogP contribution in [0.5, 0.6) is 5.75 Å².